The van der Waals surface area contributed by atoms with Gasteiger partial charge in [-0.3, -0.25) is 0 Å². The van der Waals surface area contributed by atoms with Crippen molar-refractivity contribution in [3.8, 4) is 0 Å². The van der Waals surface area contributed by atoms with Crippen molar-refractivity contribution in [3.63, 3.8) is 0 Å². The summed E-state index contributed by atoms with van der Waals surface area (Å²) in [5.41, 5.74) is 2.18. The van der Waals surface area contributed by atoms with Crippen LogP contribution >= 0.6 is 0 Å². The van der Waals surface area contributed by atoms with E-state index in [2.05, 4.69) is 31.3 Å². The first-order valence-electron chi connectivity index (χ1n) is 6.16. The van der Waals surface area contributed by atoms with Crippen LogP contribution in [0.15, 0.2) is 24.3 Å². The van der Waals surface area contributed by atoms with Gasteiger partial charge in [-0.15, -0.1) is 0 Å². The van der Waals surface area contributed by atoms with Gasteiger partial charge in [0.25, 0.3) is 0 Å². The average Bonchev–Trinajstić information content (AvgIpc) is 2.35. The molecule has 3 N–H and O–H groups in total. The van der Waals surface area contributed by atoms with Crippen molar-refractivity contribution in [2.24, 2.45) is 0 Å². The second kappa shape index (κ2) is 6.74. The fourth-order valence-corrected chi connectivity index (χ4v) is 1.60. The van der Waals surface area contributed by atoms with Gasteiger partial charge in [-0.2, -0.15) is 0 Å². The molecule has 0 aliphatic carbocycles. The molecule has 0 saturated heterocycles. The zero-order valence-electron chi connectivity index (χ0n) is 10.9. The molecule has 1 rings (SSSR count). The summed E-state index contributed by atoms with van der Waals surface area (Å²) < 4.78 is 0. The lowest BCUT2D eigenvalue weighted by molar-refractivity contribution is 0.161. The van der Waals surface area contributed by atoms with Crippen molar-refractivity contribution in [2.45, 2.75) is 38.8 Å². The molecular weight excluding hydrogens is 214 g/mol. The van der Waals surface area contributed by atoms with Crippen LogP contribution < -0.4 is 5.32 Å². The minimum atomic E-state index is -0.523. The smallest absolute Gasteiger partial charge is 0.0914 e. The van der Waals surface area contributed by atoms with Gasteiger partial charge in [0.15, 0.2) is 0 Å². The van der Waals surface area contributed by atoms with Gasteiger partial charge >= 0.3 is 0 Å². The average molecular weight is 237 g/mol. The predicted molar refractivity (Wildman–Crippen MR) is 70.0 cm³/mol. The maximum Gasteiger partial charge on any atom is 0.0914 e. The highest BCUT2D eigenvalue weighted by Gasteiger charge is 2.09. The number of rotatable bonds is 6. The standard InChI is InChI=1S/C14H23NO2/c1-10(2)12-4-6-13(7-5-12)14(17)8-15-11(3)9-16/h4-7,10-11,14-17H,8-9H2,1-3H3. The zero-order valence-corrected chi connectivity index (χ0v) is 10.9. The molecule has 0 radical (unpaired) electrons. The van der Waals surface area contributed by atoms with Gasteiger partial charge in [-0.05, 0) is 24.0 Å². The summed E-state index contributed by atoms with van der Waals surface area (Å²) in [5, 5.41) is 21.9. The predicted octanol–water partition coefficient (Wildman–Crippen LogP) is 1.81. The van der Waals surface area contributed by atoms with Crippen molar-refractivity contribution >= 4 is 0 Å². The van der Waals surface area contributed by atoms with E-state index in [4.69, 9.17) is 5.11 Å². The van der Waals surface area contributed by atoms with Gasteiger partial charge in [-0.1, -0.05) is 38.1 Å². The van der Waals surface area contributed by atoms with Crippen LogP contribution in [0.5, 0.6) is 0 Å². The van der Waals surface area contributed by atoms with E-state index in [1.807, 2.05) is 19.1 Å². The Morgan fingerprint density at radius 2 is 1.59 bits per heavy atom. The van der Waals surface area contributed by atoms with E-state index in [0.717, 1.165) is 5.56 Å². The van der Waals surface area contributed by atoms with Crippen molar-refractivity contribution in [2.75, 3.05) is 13.2 Å². The van der Waals surface area contributed by atoms with Crippen LogP contribution in [0.25, 0.3) is 0 Å². The first-order chi connectivity index (χ1) is 8.04. The molecule has 1 aromatic carbocycles. The van der Waals surface area contributed by atoms with Gasteiger partial charge in [0, 0.05) is 12.6 Å². The van der Waals surface area contributed by atoms with E-state index >= 15 is 0 Å². The molecule has 17 heavy (non-hydrogen) atoms. The van der Waals surface area contributed by atoms with Crippen LogP contribution in [0.2, 0.25) is 0 Å². The topological polar surface area (TPSA) is 52.5 Å². The number of benzene rings is 1. The second-order valence-corrected chi connectivity index (χ2v) is 4.83. The van der Waals surface area contributed by atoms with Gasteiger partial charge in [0.05, 0.1) is 12.7 Å². The number of aliphatic hydroxyl groups excluding tert-OH is 2. The fraction of sp³-hybridized carbons (Fsp3) is 0.571. The van der Waals surface area contributed by atoms with Crippen molar-refractivity contribution in [3.05, 3.63) is 35.4 Å². The van der Waals surface area contributed by atoms with Crippen molar-refractivity contribution in [1.82, 2.24) is 5.32 Å². The zero-order chi connectivity index (χ0) is 12.8. The summed E-state index contributed by atoms with van der Waals surface area (Å²) in [6.07, 6.45) is -0.523. The molecule has 0 spiro atoms. The summed E-state index contributed by atoms with van der Waals surface area (Å²) >= 11 is 0. The molecule has 3 nitrogen and oxygen atoms in total. The monoisotopic (exact) mass is 237 g/mol. The second-order valence-electron chi connectivity index (χ2n) is 4.83. The first-order valence-corrected chi connectivity index (χ1v) is 6.16. The van der Waals surface area contributed by atoms with E-state index in [1.165, 1.54) is 5.56 Å². The molecule has 0 aliphatic heterocycles. The minimum absolute atomic E-state index is 0.0135. The van der Waals surface area contributed by atoms with Crippen LogP contribution in [-0.4, -0.2) is 29.4 Å². The van der Waals surface area contributed by atoms with Gasteiger partial charge in [0.2, 0.25) is 0 Å². The third-order valence-corrected chi connectivity index (χ3v) is 2.92. The maximum absolute atomic E-state index is 9.95. The number of hydrogen-bond donors (Lipinski definition) is 3. The Morgan fingerprint density at radius 1 is 1.06 bits per heavy atom. The summed E-state index contributed by atoms with van der Waals surface area (Å²) in [6, 6.07) is 8.05. The minimum Gasteiger partial charge on any atom is -0.395 e. The molecule has 0 heterocycles. The number of aliphatic hydroxyl groups is 2. The van der Waals surface area contributed by atoms with Crippen LogP contribution in [0.3, 0.4) is 0 Å². The number of nitrogens with one attached hydrogen (secondary N) is 1. The van der Waals surface area contributed by atoms with Crippen LogP contribution in [-0.2, 0) is 0 Å². The highest BCUT2D eigenvalue weighted by atomic mass is 16.3. The Bertz CT molecular complexity index is 321. The normalized spacial score (nSPS) is 14.9. The third kappa shape index (κ3) is 4.46. The lowest BCUT2D eigenvalue weighted by Crippen LogP contribution is -2.32. The largest absolute Gasteiger partial charge is 0.395 e. The molecule has 0 aliphatic rings. The lowest BCUT2D eigenvalue weighted by Gasteiger charge is -2.16. The summed E-state index contributed by atoms with van der Waals surface area (Å²) in [4.78, 5) is 0. The fourth-order valence-electron chi connectivity index (χ4n) is 1.60. The van der Waals surface area contributed by atoms with E-state index in [9.17, 15) is 5.11 Å². The van der Waals surface area contributed by atoms with E-state index in [0.29, 0.717) is 12.5 Å². The van der Waals surface area contributed by atoms with E-state index in [1.54, 1.807) is 0 Å². The van der Waals surface area contributed by atoms with Crippen LogP contribution in [0.1, 0.15) is 43.9 Å². The molecule has 0 saturated carbocycles. The highest BCUT2D eigenvalue weighted by molar-refractivity contribution is 5.26. The molecule has 0 aromatic heterocycles. The third-order valence-electron chi connectivity index (χ3n) is 2.92. The Balaban J connectivity index is 2.54. The molecular formula is C14H23NO2. The lowest BCUT2D eigenvalue weighted by atomic mass is 10.00. The molecule has 0 bridgehead atoms. The summed E-state index contributed by atoms with van der Waals surface area (Å²) in [5.74, 6) is 0.508. The molecule has 1 aromatic rings. The Hall–Kier alpha value is -0.900. The highest BCUT2D eigenvalue weighted by Crippen LogP contribution is 2.18. The molecule has 3 heteroatoms. The molecule has 0 amide bonds. The summed E-state index contributed by atoms with van der Waals surface area (Å²) in [6.45, 7) is 6.72. The number of hydrogen-bond acceptors (Lipinski definition) is 3. The van der Waals surface area contributed by atoms with Crippen LogP contribution in [0, 0.1) is 0 Å². The SMILES string of the molecule is CC(CO)NCC(O)c1ccc(C(C)C)cc1. The van der Waals surface area contributed by atoms with Crippen LogP contribution in [0.4, 0.5) is 0 Å². The summed E-state index contributed by atoms with van der Waals surface area (Å²) in [7, 11) is 0. The Labute approximate surface area is 103 Å². The Morgan fingerprint density at radius 3 is 2.06 bits per heavy atom. The molecule has 2 atom stereocenters. The molecule has 0 fully saturated rings. The van der Waals surface area contributed by atoms with E-state index < -0.39 is 6.10 Å². The molecule has 96 valence electrons. The first kappa shape index (κ1) is 14.2. The molecule has 2 unspecified atom stereocenters. The van der Waals surface area contributed by atoms with Gasteiger partial charge in [-0.25, -0.2) is 0 Å². The van der Waals surface area contributed by atoms with E-state index in [-0.39, 0.29) is 12.6 Å². The van der Waals surface area contributed by atoms with Gasteiger partial charge in [0.1, 0.15) is 0 Å². The Kier molecular flexibility index (Phi) is 5.62. The quantitative estimate of drug-likeness (QED) is 0.707. The van der Waals surface area contributed by atoms with Gasteiger partial charge < -0.3 is 15.5 Å². The van der Waals surface area contributed by atoms with Crippen molar-refractivity contribution in [1.29, 1.82) is 0 Å². The van der Waals surface area contributed by atoms with Crippen molar-refractivity contribution < 1.29 is 10.2 Å². The maximum atomic E-state index is 9.95.